The lowest BCUT2D eigenvalue weighted by Crippen LogP contribution is -2.36. The largest absolute Gasteiger partial charge is 0.493 e. The number of alkyl carbamates (subject to hydrolysis) is 1. The van der Waals surface area contributed by atoms with Crippen molar-refractivity contribution in [2.45, 2.75) is 32.5 Å². The van der Waals surface area contributed by atoms with E-state index < -0.39 is 23.8 Å². The quantitative estimate of drug-likeness (QED) is 0.745. The Kier molecular flexibility index (Phi) is 6.87. The SMILES string of the molecule is COc1cc(C(=O)O)ccc1OC(CNC(=O)OC(C)(C)C)c1ccccc1. The number of benzene rings is 2. The van der Waals surface area contributed by atoms with Gasteiger partial charge in [-0.05, 0) is 44.5 Å². The lowest BCUT2D eigenvalue weighted by molar-refractivity contribution is 0.0499. The van der Waals surface area contributed by atoms with E-state index in [4.69, 9.17) is 19.3 Å². The summed E-state index contributed by atoms with van der Waals surface area (Å²) in [4.78, 5) is 23.2. The number of amides is 1. The van der Waals surface area contributed by atoms with Gasteiger partial charge in [0.05, 0.1) is 19.2 Å². The van der Waals surface area contributed by atoms with Crippen LogP contribution in [0, 0.1) is 0 Å². The highest BCUT2D eigenvalue weighted by Gasteiger charge is 2.21. The van der Waals surface area contributed by atoms with Gasteiger partial charge in [0, 0.05) is 0 Å². The van der Waals surface area contributed by atoms with Crippen LogP contribution in [0.1, 0.15) is 42.8 Å². The second kappa shape index (κ2) is 9.12. The molecule has 0 bridgehead atoms. The van der Waals surface area contributed by atoms with Crippen molar-refractivity contribution in [1.29, 1.82) is 0 Å². The number of methoxy groups -OCH3 is 1. The first kappa shape index (κ1) is 21.1. The topological polar surface area (TPSA) is 94.1 Å². The molecule has 0 aliphatic heterocycles. The molecule has 0 aliphatic carbocycles. The number of carbonyl (C=O) groups is 2. The van der Waals surface area contributed by atoms with Crippen LogP contribution in [-0.4, -0.2) is 36.4 Å². The molecule has 2 aromatic rings. The van der Waals surface area contributed by atoms with E-state index in [9.17, 15) is 9.59 Å². The summed E-state index contributed by atoms with van der Waals surface area (Å²) >= 11 is 0. The van der Waals surface area contributed by atoms with E-state index in [1.54, 1.807) is 20.8 Å². The van der Waals surface area contributed by atoms with Gasteiger partial charge in [-0.2, -0.15) is 0 Å². The van der Waals surface area contributed by atoms with Crippen LogP contribution in [0.4, 0.5) is 4.79 Å². The first-order chi connectivity index (χ1) is 13.2. The minimum atomic E-state index is -1.06. The van der Waals surface area contributed by atoms with Crippen LogP contribution < -0.4 is 14.8 Å². The number of nitrogens with one attached hydrogen (secondary N) is 1. The molecule has 0 heterocycles. The summed E-state index contributed by atoms with van der Waals surface area (Å²) in [5, 5.41) is 11.8. The number of ether oxygens (including phenoxy) is 3. The third-order valence-electron chi connectivity index (χ3n) is 3.68. The zero-order valence-corrected chi connectivity index (χ0v) is 16.4. The Morgan fingerprint density at radius 1 is 1.07 bits per heavy atom. The molecule has 7 heteroatoms. The predicted molar refractivity (Wildman–Crippen MR) is 104 cm³/mol. The zero-order valence-electron chi connectivity index (χ0n) is 16.4. The molecule has 2 aromatic carbocycles. The molecule has 28 heavy (non-hydrogen) atoms. The third-order valence-corrected chi connectivity index (χ3v) is 3.68. The summed E-state index contributed by atoms with van der Waals surface area (Å²) < 4.78 is 16.6. The molecule has 0 spiro atoms. The Labute approximate surface area is 164 Å². The number of hydrogen-bond acceptors (Lipinski definition) is 5. The average Bonchev–Trinajstić information content (AvgIpc) is 2.64. The van der Waals surface area contributed by atoms with E-state index >= 15 is 0 Å². The van der Waals surface area contributed by atoms with Crippen molar-refractivity contribution < 1.29 is 28.9 Å². The number of carboxylic acids is 1. The van der Waals surface area contributed by atoms with Gasteiger partial charge in [0.1, 0.15) is 11.7 Å². The molecule has 1 amide bonds. The monoisotopic (exact) mass is 387 g/mol. The Hall–Kier alpha value is -3.22. The van der Waals surface area contributed by atoms with E-state index in [1.807, 2.05) is 30.3 Å². The predicted octanol–water partition coefficient (Wildman–Crippen LogP) is 4.04. The maximum atomic E-state index is 12.0. The van der Waals surface area contributed by atoms with Crippen molar-refractivity contribution in [3.63, 3.8) is 0 Å². The molecule has 0 radical (unpaired) electrons. The maximum Gasteiger partial charge on any atom is 0.407 e. The Bertz CT molecular complexity index is 813. The van der Waals surface area contributed by atoms with E-state index in [-0.39, 0.29) is 17.9 Å². The van der Waals surface area contributed by atoms with E-state index in [0.717, 1.165) is 5.56 Å². The minimum Gasteiger partial charge on any atom is -0.493 e. The number of carboxylic acid groups (broad SMARTS) is 1. The summed E-state index contributed by atoms with van der Waals surface area (Å²) in [6.45, 7) is 5.51. The molecule has 0 aliphatic rings. The van der Waals surface area contributed by atoms with E-state index in [0.29, 0.717) is 5.75 Å². The van der Waals surface area contributed by atoms with Gasteiger partial charge < -0.3 is 24.6 Å². The van der Waals surface area contributed by atoms with Gasteiger partial charge in [0.2, 0.25) is 0 Å². The number of hydrogen-bond donors (Lipinski definition) is 2. The van der Waals surface area contributed by atoms with Crippen molar-refractivity contribution in [3.8, 4) is 11.5 Å². The van der Waals surface area contributed by atoms with E-state index in [2.05, 4.69) is 5.32 Å². The lowest BCUT2D eigenvalue weighted by atomic mass is 10.1. The second-order valence-electron chi connectivity index (χ2n) is 7.07. The minimum absolute atomic E-state index is 0.0901. The van der Waals surface area contributed by atoms with Crippen LogP contribution in [-0.2, 0) is 4.74 Å². The molecule has 0 saturated carbocycles. The molecule has 0 fully saturated rings. The fourth-order valence-corrected chi connectivity index (χ4v) is 2.44. The third kappa shape index (κ3) is 6.19. The van der Waals surface area contributed by atoms with Gasteiger partial charge in [0.15, 0.2) is 11.5 Å². The molecule has 0 aromatic heterocycles. The fraction of sp³-hybridized carbons (Fsp3) is 0.333. The van der Waals surface area contributed by atoms with Gasteiger partial charge in [-0.3, -0.25) is 0 Å². The van der Waals surface area contributed by atoms with Gasteiger partial charge in [-0.1, -0.05) is 30.3 Å². The van der Waals surface area contributed by atoms with Gasteiger partial charge in [0.25, 0.3) is 0 Å². The summed E-state index contributed by atoms with van der Waals surface area (Å²) in [5.74, 6) is -0.401. The summed E-state index contributed by atoms with van der Waals surface area (Å²) in [7, 11) is 1.43. The maximum absolute atomic E-state index is 12.0. The number of carbonyl (C=O) groups excluding carboxylic acids is 1. The molecule has 7 nitrogen and oxygen atoms in total. The molecule has 1 unspecified atom stereocenters. The van der Waals surface area contributed by atoms with Crippen molar-refractivity contribution in [2.75, 3.05) is 13.7 Å². The summed E-state index contributed by atoms with van der Waals surface area (Å²) in [6, 6.07) is 13.7. The number of rotatable bonds is 7. The van der Waals surface area contributed by atoms with Crippen LogP contribution in [0.25, 0.3) is 0 Å². The normalized spacial score (nSPS) is 12.0. The van der Waals surface area contributed by atoms with Crippen molar-refractivity contribution in [3.05, 3.63) is 59.7 Å². The standard InChI is InChI=1S/C21H25NO6/c1-21(2,3)28-20(25)22-13-18(14-8-6-5-7-9-14)27-16-11-10-15(19(23)24)12-17(16)26-4/h5-12,18H,13H2,1-4H3,(H,22,25)(H,23,24). The second-order valence-corrected chi connectivity index (χ2v) is 7.07. The van der Waals surface area contributed by atoms with Crippen molar-refractivity contribution in [1.82, 2.24) is 5.32 Å². The molecule has 150 valence electrons. The van der Waals surface area contributed by atoms with Crippen LogP contribution in [0.2, 0.25) is 0 Å². The first-order valence-electron chi connectivity index (χ1n) is 8.79. The first-order valence-corrected chi connectivity index (χ1v) is 8.79. The van der Waals surface area contributed by atoms with Crippen LogP contribution in [0.15, 0.2) is 48.5 Å². The molecule has 2 N–H and O–H groups in total. The molecule has 0 saturated heterocycles. The molecule has 1 atom stereocenters. The van der Waals surface area contributed by atoms with Crippen molar-refractivity contribution in [2.24, 2.45) is 0 Å². The van der Waals surface area contributed by atoms with Gasteiger partial charge >= 0.3 is 12.1 Å². The average molecular weight is 387 g/mol. The Morgan fingerprint density at radius 2 is 1.75 bits per heavy atom. The van der Waals surface area contributed by atoms with Gasteiger partial charge in [-0.15, -0.1) is 0 Å². The lowest BCUT2D eigenvalue weighted by Gasteiger charge is -2.23. The fourth-order valence-electron chi connectivity index (χ4n) is 2.44. The Morgan fingerprint density at radius 3 is 2.32 bits per heavy atom. The smallest absolute Gasteiger partial charge is 0.407 e. The molecular formula is C21H25NO6. The highest BCUT2D eigenvalue weighted by molar-refractivity contribution is 5.88. The zero-order chi connectivity index (χ0) is 20.7. The van der Waals surface area contributed by atoms with Crippen molar-refractivity contribution >= 4 is 12.1 Å². The van der Waals surface area contributed by atoms with Gasteiger partial charge in [-0.25, -0.2) is 9.59 Å². The van der Waals surface area contributed by atoms with Crippen LogP contribution in [0.5, 0.6) is 11.5 Å². The van der Waals surface area contributed by atoms with E-state index in [1.165, 1.54) is 25.3 Å². The summed E-state index contributed by atoms with van der Waals surface area (Å²) in [6.07, 6.45) is -1.08. The van der Waals surface area contributed by atoms with Crippen LogP contribution >= 0.6 is 0 Å². The van der Waals surface area contributed by atoms with Crippen LogP contribution in [0.3, 0.4) is 0 Å². The Balaban J connectivity index is 2.21. The highest BCUT2D eigenvalue weighted by atomic mass is 16.6. The number of aromatic carboxylic acids is 1. The molecule has 2 rings (SSSR count). The molecular weight excluding hydrogens is 362 g/mol. The summed E-state index contributed by atoms with van der Waals surface area (Å²) in [5.41, 5.74) is 0.318. The highest BCUT2D eigenvalue weighted by Crippen LogP contribution is 2.32.